The van der Waals surface area contributed by atoms with Gasteiger partial charge in [-0.25, -0.2) is 13.9 Å². The minimum absolute atomic E-state index is 0.0160. The molecule has 0 saturated heterocycles. The van der Waals surface area contributed by atoms with E-state index in [-0.39, 0.29) is 16.3 Å². The molecule has 0 bridgehead atoms. The zero-order chi connectivity index (χ0) is 20.1. The molecule has 0 radical (unpaired) electrons. The molecule has 1 aromatic heterocycles. The van der Waals surface area contributed by atoms with E-state index in [4.69, 9.17) is 16.3 Å². The Morgan fingerprint density at radius 2 is 1.89 bits per heavy atom. The van der Waals surface area contributed by atoms with Crippen LogP contribution < -0.4 is 15.7 Å². The number of nitrogens with zero attached hydrogens (tertiary/aromatic N) is 3. The molecule has 7 nitrogen and oxygen atoms in total. The summed E-state index contributed by atoms with van der Waals surface area (Å²) in [5.74, 6) is -0.684. The van der Waals surface area contributed by atoms with Gasteiger partial charge in [0.05, 0.1) is 18.0 Å². The maximum atomic E-state index is 12.9. The molecule has 0 amide bonds. The number of aryl methyl sites for hydroxylation is 1. The van der Waals surface area contributed by atoms with E-state index in [0.29, 0.717) is 11.3 Å². The van der Waals surface area contributed by atoms with E-state index < -0.39 is 17.3 Å². The van der Waals surface area contributed by atoms with Gasteiger partial charge in [-0.3, -0.25) is 10.2 Å². The fourth-order valence-corrected chi connectivity index (χ4v) is 2.35. The number of esters is 1. The van der Waals surface area contributed by atoms with Crippen LogP contribution in [-0.4, -0.2) is 22.0 Å². The molecule has 1 heterocycles. The summed E-state index contributed by atoms with van der Waals surface area (Å²) in [4.78, 5) is 23.7. The monoisotopic (exact) mass is 400 g/mol. The Labute approximate surface area is 164 Å². The third kappa shape index (κ3) is 4.60. The summed E-state index contributed by atoms with van der Waals surface area (Å²) in [5, 5.41) is 7.83. The van der Waals surface area contributed by atoms with Crippen molar-refractivity contribution in [2.45, 2.75) is 0 Å². The molecule has 28 heavy (non-hydrogen) atoms. The highest BCUT2D eigenvalue weighted by Gasteiger charge is 2.09. The van der Waals surface area contributed by atoms with Crippen LogP contribution in [0.4, 0.5) is 10.1 Å². The molecule has 0 atom stereocenters. The second-order valence-electron chi connectivity index (χ2n) is 5.64. The number of benzene rings is 2. The maximum absolute atomic E-state index is 12.9. The van der Waals surface area contributed by atoms with E-state index in [1.54, 1.807) is 24.3 Å². The topological polar surface area (TPSA) is 85.6 Å². The zero-order valence-corrected chi connectivity index (χ0v) is 15.4. The Balaban J connectivity index is 1.62. The minimum atomic E-state index is -0.587. The lowest BCUT2D eigenvalue weighted by Gasteiger charge is -2.05. The van der Waals surface area contributed by atoms with Crippen molar-refractivity contribution >= 4 is 29.5 Å². The molecule has 0 spiro atoms. The van der Waals surface area contributed by atoms with Crippen LogP contribution in [0.25, 0.3) is 0 Å². The minimum Gasteiger partial charge on any atom is -0.423 e. The highest BCUT2D eigenvalue weighted by molar-refractivity contribution is 6.32. The lowest BCUT2D eigenvalue weighted by atomic mass is 10.2. The van der Waals surface area contributed by atoms with Gasteiger partial charge in [-0.05, 0) is 54.1 Å². The average Bonchev–Trinajstić information content (AvgIpc) is 2.70. The quantitative estimate of drug-likeness (QED) is 0.307. The predicted octanol–water partition coefficient (Wildman–Crippen LogP) is 3.24. The Kier molecular flexibility index (Phi) is 5.81. The van der Waals surface area contributed by atoms with Crippen molar-refractivity contribution in [3.05, 3.63) is 87.0 Å². The van der Waals surface area contributed by atoms with Crippen molar-refractivity contribution in [3.8, 4) is 5.75 Å². The van der Waals surface area contributed by atoms with Gasteiger partial charge in [0, 0.05) is 7.05 Å². The van der Waals surface area contributed by atoms with Crippen molar-refractivity contribution in [1.29, 1.82) is 0 Å². The van der Waals surface area contributed by atoms with Gasteiger partial charge in [0.15, 0.2) is 0 Å². The molecule has 3 aromatic rings. The molecule has 0 saturated carbocycles. The summed E-state index contributed by atoms with van der Waals surface area (Å²) in [7, 11) is 1.49. The summed E-state index contributed by atoms with van der Waals surface area (Å²) in [5.41, 5.74) is 3.45. The van der Waals surface area contributed by atoms with Crippen molar-refractivity contribution < 1.29 is 13.9 Å². The van der Waals surface area contributed by atoms with Crippen LogP contribution in [0.1, 0.15) is 15.9 Å². The first-order chi connectivity index (χ1) is 13.4. The molecule has 142 valence electrons. The van der Waals surface area contributed by atoms with Crippen LogP contribution in [0.2, 0.25) is 5.02 Å². The van der Waals surface area contributed by atoms with Crippen molar-refractivity contribution in [1.82, 2.24) is 9.78 Å². The van der Waals surface area contributed by atoms with Gasteiger partial charge in [-0.15, -0.1) is 0 Å². The summed E-state index contributed by atoms with van der Waals surface area (Å²) < 4.78 is 19.2. The number of carbonyl (C=O) groups is 1. The molecule has 2 aromatic carbocycles. The molecule has 0 aliphatic carbocycles. The van der Waals surface area contributed by atoms with Crippen molar-refractivity contribution in [3.63, 3.8) is 0 Å². The molecule has 0 aliphatic heterocycles. The van der Waals surface area contributed by atoms with E-state index in [9.17, 15) is 14.0 Å². The smallest absolute Gasteiger partial charge is 0.343 e. The van der Waals surface area contributed by atoms with Gasteiger partial charge >= 0.3 is 5.97 Å². The first-order valence-corrected chi connectivity index (χ1v) is 8.40. The Hall–Kier alpha value is -3.52. The number of anilines is 1. The Morgan fingerprint density at radius 1 is 1.21 bits per heavy atom. The zero-order valence-electron chi connectivity index (χ0n) is 14.6. The van der Waals surface area contributed by atoms with Gasteiger partial charge in [0.25, 0.3) is 5.56 Å². The number of ether oxygens (including phenoxy) is 1. The van der Waals surface area contributed by atoms with Crippen LogP contribution in [0.15, 0.2) is 64.6 Å². The van der Waals surface area contributed by atoms with Gasteiger partial charge in [0.2, 0.25) is 0 Å². The fourth-order valence-electron chi connectivity index (χ4n) is 2.14. The molecule has 0 unspecified atom stereocenters. The number of hydrogen-bond acceptors (Lipinski definition) is 6. The highest BCUT2D eigenvalue weighted by Crippen LogP contribution is 2.16. The van der Waals surface area contributed by atoms with Gasteiger partial charge in [0.1, 0.15) is 22.3 Å². The van der Waals surface area contributed by atoms with E-state index in [0.717, 1.165) is 4.68 Å². The van der Waals surface area contributed by atoms with Crippen molar-refractivity contribution in [2.24, 2.45) is 12.1 Å². The largest absolute Gasteiger partial charge is 0.423 e. The molecule has 9 heteroatoms. The maximum Gasteiger partial charge on any atom is 0.343 e. The molecule has 3 rings (SSSR count). The summed E-state index contributed by atoms with van der Waals surface area (Å²) in [6.45, 7) is 0. The van der Waals surface area contributed by atoms with Crippen LogP contribution >= 0.6 is 11.6 Å². The normalized spacial score (nSPS) is 10.8. The number of nitrogens with one attached hydrogen (secondary N) is 1. The summed E-state index contributed by atoms with van der Waals surface area (Å²) in [6.07, 6.45) is 2.89. The summed E-state index contributed by atoms with van der Waals surface area (Å²) >= 11 is 5.93. The third-order valence-electron chi connectivity index (χ3n) is 3.65. The first kappa shape index (κ1) is 19.2. The molecular formula is C19H14ClFN4O3. The first-order valence-electron chi connectivity index (χ1n) is 8.03. The SMILES string of the molecule is Cn1ncc(N/N=C\c2ccc(OC(=O)c3ccc(F)cc3)cc2)c(Cl)c1=O. The number of halogens is 2. The number of carbonyl (C=O) groups excluding carboxylic acids is 1. The van der Waals surface area contributed by atoms with Gasteiger partial charge in [-0.1, -0.05) is 11.6 Å². The predicted molar refractivity (Wildman–Crippen MR) is 104 cm³/mol. The number of aromatic nitrogens is 2. The van der Waals surface area contributed by atoms with Gasteiger partial charge in [-0.2, -0.15) is 10.2 Å². The molecule has 0 fully saturated rings. The van der Waals surface area contributed by atoms with E-state index in [2.05, 4.69) is 15.6 Å². The number of hydrogen-bond donors (Lipinski definition) is 1. The van der Waals surface area contributed by atoms with E-state index >= 15 is 0 Å². The van der Waals surface area contributed by atoms with Crippen LogP contribution in [-0.2, 0) is 7.05 Å². The standard InChI is InChI=1S/C19H14ClFN4O3/c1-25-18(26)17(20)16(11-23-25)24-22-10-12-2-8-15(9-3-12)28-19(27)13-4-6-14(21)7-5-13/h2-11,24H,1H3/b22-10-. The van der Waals surface area contributed by atoms with Gasteiger partial charge < -0.3 is 4.74 Å². The van der Waals surface area contributed by atoms with E-state index in [1.807, 2.05) is 0 Å². The lowest BCUT2D eigenvalue weighted by molar-refractivity contribution is 0.0734. The Bertz CT molecular complexity index is 1080. The second-order valence-corrected chi connectivity index (χ2v) is 6.01. The average molecular weight is 401 g/mol. The number of hydrazone groups is 1. The molecular weight excluding hydrogens is 387 g/mol. The second kappa shape index (κ2) is 8.45. The third-order valence-corrected chi connectivity index (χ3v) is 4.01. The molecule has 1 N–H and O–H groups in total. The molecule has 0 aliphatic rings. The fraction of sp³-hybridized carbons (Fsp3) is 0.0526. The van der Waals surface area contributed by atoms with Crippen LogP contribution in [0, 0.1) is 5.82 Å². The van der Waals surface area contributed by atoms with Crippen molar-refractivity contribution in [2.75, 3.05) is 5.43 Å². The Morgan fingerprint density at radius 3 is 2.57 bits per heavy atom. The highest BCUT2D eigenvalue weighted by atomic mass is 35.5. The van der Waals surface area contributed by atoms with E-state index in [1.165, 1.54) is 43.7 Å². The van der Waals surface area contributed by atoms with Crippen LogP contribution in [0.5, 0.6) is 5.75 Å². The number of rotatable bonds is 5. The lowest BCUT2D eigenvalue weighted by Crippen LogP contribution is -2.20. The summed E-state index contributed by atoms with van der Waals surface area (Å²) in [6, 6.07) is 11.6. The van der Waals surface area contributed by atoms with Crippen LogP contribution in [0.3, 0.4) is 0 Å².